The second-order valence-corrected chi connectivity index (χ2v) is 8.24. The number of aliphatic carboxylic acids is 2. The largest absolute Gasteiger partial charge is 0.481 e. The van der Waals surface area contributed by atoms with Crippen LogP contribution in [0.1, 0.15) is 38.7 Å². The molecule has 194 valence electrons. The summed E-state index contributed by atoms with van der Waals surface area (Å²) in [6.45, 7) is 2.52. The number of rotatable bonds is 15. The van der Waals surface area contributed by atoms with E-state index in [0.717, 1.165) is 5.56 Å². The summed E-state index contributed by atoms with van der Waals surface area (Å²) in [6, 6.07) is 3.77. The number of hydrogen-bond donors (Lipinski definition) is 7. The van der Waals surface area contributed by atoms with Crippen molar-refractivity contribution in [1.82, 2.24) is 16.0 Å². The minimum absolute atomic E-state index is 0.174. The van der Waals surface area contributed by atoms with Crippen LogP contribution in [0.2, 0.25) is 0 Å². The molecule has 35 heavy (non-hydrogen) atoms. The minimum Gasteiger partial charge on any atom is -0.481 e. The Morgan fingerprint density at radius 3 is 2.00 bits per heavy atom. The first-order valence-electron chi connectivity index (χ1n) is 11.3. The van der Waals surface area contributed by atoms with Crippen molar-refractivity contribution in [2.45, 2.75) is 63.7 Å². The van der Waals surface area contributed by atoms with E-state index in [1.807, 2.05) is 0 Å². The van der Waals surface area contributed by atoms with E-state index >= 15 is 0 Å². The molecule has 5 atom stereocenters. The first kappa shape index (κ1) is 29.5. The van der Waals surface area contributed by atoms with E-state index in [4.69, 9.17) is 10.8 Å². The molecule has 12 nitrogen and oxygen atoms in total. The van der Waals surface area contributed by atoms with Gasteiger partial charge >= 0.3 is 11.9 Å². The molecule has 0 spiro atoms. The van der Waals surface area contributed by atoms with Crippen LogP contribution in [0.15, 0.2) is 30.3 Å². The van der Waals surface area contributed by atoms with Crippen molar-refractivity contribution in [3.8, 4) is 0 Å². The van der Waals surface area contributed by atoms with Gasteiger partial charge in [-0.2, -0.15) is 0 Å². The lowest BCUT2D eigenvalue weighted by molar-refractivity contribution is -0.144. The van der Waals surface area contributed by atoms with Crippen LogP contribution in [0, 0.1) is 5.92 Å². The molecule has 1 aromatic carbocycles. The molecule has 0 heterocycles. The van der Waals surface area contributed by atoms with E-state index in [1.54, 1.807) is 44.2 Å². The maximum Gasteiger partial charge on any atom is 0.326 e. The average molecular weight is 495 g/mol. The van der Waals surface area contributed by atoms with Gasteiger partial charge in [-0.25, -0.2) is 4.79 Å². The lowest BCUT2D eigenvalue weighted by Gasteiger charge is -2.25. The second-order valence-electron chi connectivity index (χ2n) is 8.24. The molecule has 0 bridgehead atoms. The van der Waals surface area contributed by atoms with Gasteiger partial charge in [0.15, 0.2) is 0 Å². The summed E-state index contributed by atoms with van der Waals surface area (Å²) >= 11 is 0. The fourth-order valence-corrected chi connectivity index (χ4v) is 3.18. The van der Waals surface area contributed by atoms with E-state index in [9.17, 15) is 34.2 Å². The van der Waals surface area contributed by atoms with Crippen LogP contribution in [0.4, 0.5) is 0 Å². The van der Waals surface area contributed by atoms with Crippen molar-refractivity contribution >= 4 is 29.7 Å². The van der Waals surface area contributed by atoms with Crippen molar-refractivity contribution in [3.63, 3.8) is 0 Å². The van der Waals surface area contributed by atoms with Crippen molar-refractivity contribution in [2.24, 2.45) is 11.7 Å². The molecule has 3 amide bonds. The molecular weight excluding hydrogens is 460 g/mol. The van der Waals surface area contributed by atoms with Gasteiger partial charge in [0.05, 0.1) is 12.6 Å². The van der Waals surface area contributed by atoms with Gasteiger partial charge in [0.25, 0.3) is 0 Å². The number of carbonyl (C=O) groups is 5. The number of benzene rings is 1. The summed E-state index contributed by atoms with van der Waals surface area (Å²) in [7, 11) is 0. The molecule has 0 aliphatic heterocycles. The summed E-state index contributed by atoms with van der Waals surface area (Å²) in [6.07, 6.45) is -0.125. The first-order chi connectivity index (χ1) is 16.5. The third kappa shape index (κ3) is 10.1. The van der Waals surface area contributed by atoms with Crippen LogP contribution < -0.4 is 21.7 Å². The highest BCUT2D eigenvalue weighted by Gasteiger charge is 2.31. The molecule has 0 aliphatic rings. The molecule has 0 aromatic heterocycles. The molecule has 1 aromatic rings. The fraction of sp³-hybridized carbons (Fsp3) is 0.522. The van der Waals surface area contributed by atoms with Crippen LogP contribution in [0.5, 0.6) is 0 Å². The van der Waals surface area contributed by atoms with Crippen LogP contribution in [0.3, 0.4) is 0 Å². The van der Waals surface area contributed by atoms with E-state index < -0.39 is 72.8 Å². The van der Waals surface area contributed by atoms with E-state index in [2.05, 4.69) is 16.0 Å². The van der Waals surface area contributed by atoms with Gasteiger partial charge in [0, 0.05) is 6.42 Å². The summed E-state index contributed by atoms with van der Waals surface area (Å²) in [5.74, 6) is -5.45. The Morgan fingerprint density at radius 1 is 0.914 bits per heavy atom. The molecule has 5 unspecified atom stereocenters. The quantitative estimate of drug-likeness (QED) is 0.159. The highest BCUT2D eigenvalue weighted by molar-refractivity contribution is 5.94. The third-order valence-electron chi connectivity index (χ3n) is 5.51. The Bertz CT molecular complexity index is 880. The molecule has 0 fully saturated rings. The molecule has 0 saturated heterocycles. The van der Waals surface area contributed by atoms with Crippen LogP contribution in [-0.2, 0) is 30.4 Å². The monoisotopic (exact) mass is 494 g/mol. The van der Waals surface area contributed by atoms with Gasteiger partial charge in [-0.3, -0.25) is 19.2 Å². The van der Waals surface area contributed by atoms with Gasteiger partial charge in [-0.15, -0.1) is 0 Å². The maximum atomic E-state index is 12.8. The number of nitrogens with two attached hydrogens (primary N) is 1. The maximum absolute atomic E-state index is 12.8. The van der Waals surface area contributed by atoms with E-state index in [1.165, 1.54) is 0 Å². The lowest BCUT2D eigenvalue weighted by Crippen LogP contribution is -2.58. The molecule has 1 rings (SSSR count). The number of aliphatic hydroxyl groups excluding tert-OH is 1. The van der Waals surface area contributed by atoms with Gasteiger partial charge in [0.1, 0.15) is 18.1 Å². The molecule has 0 aliphatic carbocycles. The lowest BCUT2D eigenvalue weighted by atomic mass is 9.99. The SMILES string of the molecule is CCC(C)C(NC(=O)C(CO)NC(=O)C(CCC(=O)O)NC(=O)C(N)Cc1ccccc1)C(=O)O. The highest BCUT2D eigenvalue weighted by atomic mass is 16.4. The van der Waals surface area contributed by atoms with Gasteiger partial charge in [-0.1, -0.05) is 50.6 Å². The Hall–Kier alpha value is -3.51. The van der Waals surface area contributed by atoms with Crippen molar-refractivity contribution in [1.29, 1.82) is 0 Å². The van der Waals surface area contributed by atoms with E-state index in [-0.39, 0.29) is 12.8 Å². The van der Waals surface area contributed by atoms with Crippen molar-refractivity contribution < 1.29 is 39.3 Å². The number of hydrogen-bond acceptors (Lipinski definition) is 7. The predicted molar refractivity (Wildman–Crippen MR) is 125 cm³/mol. The van der Waals surface area contributed by atoms with Crippen LogP contribution in [0.25, 0.3) is 0 Å². The third-order valence-corrected chi connectivity index (χ3v) is 5.51. The minimum atomic E-state index is -1.52. The zero-order valence-corrected chi connectivity index (χ0v) is 19.8. The molecule has 12 heteroatoms. The Kier molecular flexibility index (Phi) is 12.4. The number of carboxylic acids is 2. The zero-order chi connectivity index (χ0) is 26.5. The topological polar surface area (TPSA) is 208 Å². The summed E-state index contributed by atoms with van der Waals surface area (Å²) in [5, 5.41) is 34.9. The number of aliphatic hydroxyl groups is 1. The van der Waals surface area contributed by atoms with Crippen molar-refractivity contribution in [2.75, 3.05) is 6.61 Å². The van der Waals surface area contributed by atoms with Crippen LogP contribution in [-0.4, -0.2) is 75.8 Å². The molecule has 0 radical (unpaired) electrons. The van der Waals surface area contributed by atoms with Gasteiger partial charge in [-0.05, 0) is 24.3 Å². The van der Waals surface area contributed by atoms with E-state index in [0.29, 0.717) is 6.42 Å². The molecule has 0 saturated carbocycles. The zero-order valence-electron chi connectivity index (χ0n) is 19.8. The average Bonchev–Trinajstić information content (AvgIpc) is 2.82. The second kappa shape index (κ2) is 14.7. The highest BCUT2D eigenvalue weighted by Crippen LogP contribution is 2.09. The summed E-state index contributed by atoms with van der Waals surface area (Å²) in [4.78, 5) is 60.4. The summed E-state index contributed by atoms with van der Waals surface area (Å²) < 4.78 is 0. The Balaban J connectivity index is 2.89. The summed E-state index contributed by atoms with van der Waals surface area (Å²) in [5.41, 5.74) is 6.72. The number of carbonyl (C=O) groups excluding carboxylic acids is 3. The van der Waals surface area contributed by atoms with Crippen LogP contribution >= 0.6 is 0 Å². The first-order valence-corrected chi connectivity index (χ1v) is 11.3. The number of nitrogens with one attached hydrogen (secondary N) is 3. The normalized spacial score (nSPS) is 15.1. The fourth-order valence-electron chi connectivity index (χ4n) is 3.18. The number of amides is 3. The Labute approximate surface area is 203 Å². The predicted octanol–water partition coefficient (Wildman–Crippen LogP) is -1.00. The molecule has 8 N–H and O–H groups in total. The smallest absolute Gasteiger partial charge is 0.326 e. The number of carboxylic acid groups (broad SMARTS) is 2. The van der Waals surface area contributed by atoms with Gasteiger partial charge in [0.2, 0.25) is 17.7 Å². The van der Waals surface area contributed by atoms with Crippen molar-refractivity contribution in [3.05, 3.63) is 35.9 Å². The standard InChI is InChI=1S/C23H34N4O8/c1-3-13(2)19(23(34)35)27-22(33)17(12-28)26-21(32)16(9-10-18(29)30)25-20(31)15(24)11-14-7-5-4-6-8-14/h4-8,13,15-17,19,28H,3,9-12,24H2,1-2H3,(H,25,31)(H,26,32)(H,27,33)(H,29,30)(H,34,35). The molecular formula is C23H34N4O8. The van der Waals surface area contributed by atoms with Gasteiger partial charge < -0.3 is 37.0 Å². The Morgan fingerprint density at radius 2 is 1.49 bits per heavy atom.